The summed E-state index contributed by atoms with van der Waals surface area (Å²) < 4.78 is 10.7. The first-order chi connectivity index (χ1) is 8.60. The first-order valence-corrected chi connectivity index (χ1v) is 6.37. The van der Waals surface area contributed by atoms with Crippen molar-refractivity contribution in [2.75, 3.05) is 7.11 Å². The van der Waals surface area contributed by atoms with Gasteiger partial charge in [0.2, 0.25) is 0 Å². The van der Waals surface area contributed by atoms with E-state index in [2.05, 4.69) is 6.07 Å². The van der Waals surface area contributed by atoms with Gasteiger partial charge in [0.15, 0.2) is 0 Å². The lowest BCUT2D eigenvalue weighted by Crippen LogP contribution is -1.96. The zero-order chi connectivity index (χ0) is 13.1. The molecule has 1 unspecified atom stereocenters. The van der Waals surface area contributed by atoms with Gasteiger partial charge in [-0.15, -0.1) is 11.6 Å². The Balaban J connectivity index is 2.15. The summed E-state index contributed by atoms with van der Waals surface area (Å²) in [5.74, 6) is 2.66. The number of rotatable bonds is 4. The molecule has 0 amide bonds. The Bertz CT molecular complexity index is 531. The molecule has 0 aliphatic carbocycles. The maximum atomic E-state index is 6.45. The van der Waals surface area contributed by atoms with Crippen LogP contribution < -0.4 is 4.74 Å². The molecule has 0 aliphatic heterocycles. The third-order valence-corrected chi connectivity index (χ3v) is 3.36. The Morgan fingerprint density at radius 1 is 1.28 bits per heavy atom. The van der Waals surface area contributed by atoms with Crippen molar-refractivity contribution in [1.29, 1.82) is 0 Å². The van der Waals surface area contributed by atoms with E-state index in [4.69, 9.17) is 20.8 Å². The Labute approximate surface area is 113 Å². The molecule has 0 aliphatic rings. The van der Waals surface area contributed by atoms with Crippen molar-refractivity contribution in [3.8, 4) is 5.75 Å². The van der Waals surface area contributed by atoms with E-state index in [0.29, 0.717) is 0 Å². The molecule has 1 aromatic carbocycles. The van der Waals surface area contributed by atoms with Crippen molar-refractivity contribution in [3.63, 3.8) is 0 Å². The summed E-state index contributed by atoms with van der Waals surface area (Å²) in [6.45, 7) is 3.88. The number of ether oxygens (including phenoxy) is 1. The summed E-state index contributed by atoms with van der Waals surface area (Å²) in [6.07, 6.45) is 0.762. The van der Waals surface area contributed by atoms with Crippen LogP contribution in [0.5, 0.6) is 5.75 Å². The highest BCUT2D eigenvalue weighted by molar-refractivity contribution is 6.21. The minimum absolute atomic E-state index is 0.0745. The molecule has 96 valence electrons. The van der Waals surface area contributed by atoms with Crippen molar-refractivity contribution in [2.45, 2.75) is 25.6 Å². The van der Waals surface area contributed by atoms with E-state index >= 15 is 0 Å². The second kappa shape index (κ2) is 5.49. The Morgan fingerprint density at radius 3 is 2.67 bits per heavy atom. The zero-order valence-electron chi connectivity index (χ0n) is 10.9. The van der Waals surface area contributed by atoms with Crippen LogP contribution in [0.15, 0.2) is 34.7 Å². The molecule has 1 heterocycles. The van der Waals surface area contributed by atoms with Gasteiger partial charge in [0.1, 0.15) is 17.3 Å². The van der Waals surface area contributed by atoms with E-state index in [-0.39, 0.29) is 5.38 Å². The summed E-state index contributed by atoms with van der Waals surface area (Å²) in [4.78, 5) is 0. The first kappa shape index (κ1) is 13.0. The molecule has 0 radical (unpaired) electrons. The monoisotopic (exact) mass is 264 g/mol. The van der Waals surface area contributed by atoms with Gasteiger partial charge in [-0.1, -0.05) is 12.1 Å². The average molecular weight is 265 g/mol. The molecule has 0 N–H and O–H groups in total. The van der Waals surface area contributed by atoms with Crippen LogP contribution in [0.3, 0.4) is 0 Å². The lowest BCUT2D eigenvalue weighted by atomic mass is 10.0. The van der Waals surface area contributed by atoms with Crippen LogP contribution in [0.2, 0.25) is 0 Å². The number of hydrogen-bond acceptors (Lipinski definition) is 2. The molecule has 0 saturated heterocycles. The number of methoxy groups -OCH3 is 1. The lowest BCUT2D eigenvalue weighted by molar-refractivity contribution is 0.414. The molecule has 0 spiro atoms. The van der Waals surface area contributed by atoms with Crippen LogP contribution in [-0.4, -0.2) is 7.11 Å². The molecular weight excluding hydrogens is 248 g/mol. The Morgan fingerprint density at radius 2 is 2.06 bits per heavy atom. The van der Waals surface area contributed by atoms with E-state index in [1.807, 2.05) is 38.1 Å². The summed E-state index contributed by atoms with van der Waals surface area (Å²) in [7, 11) is 1.67. The smallest absolute Gasteiger partial charge is 0.119 e. The van der Waals surface area contributed by atoms with Gasteiger partial charge < -0.3 is 9.15 Å². The van der Waals surface area contributed by atoms with E-state index < -0.39 is 0 Å². The third kappa shape index (κ3) is 2.88. The molecule has 0 bridgehead atoms. The third-order valence-electron chi connectivity index (χ3n) is 2.97. The second-order valence-corrected chi connectivity index (χ2v) is 4.92. The van der Waals surface area contributed by atoms with Gasteiger partial charge in [-0.05, 0) is 44.0 Å². The number of aryl methyl sites for hydroxylation is 2. The van der Waals surface area contributed by atoms with Crippen LogP contribution in [0.4, 0.5) is 0 Å². The van der Waals surface area contributed by atoms with E-state index in [9.17, 15) is 0 Å². The summed E-state index contributed by atoms with van der Waals surface area (Å²) in [6, 6.07) is 9.98. The molecule has 3 heteroatoms. The molecule has 2 nitrogen and oxygen atoms in total. The second-order valence-electron chi connectivity index (χ2n) is 4.39. The fourth-order valence-electron chi connectivity index (χ4n) is 2.08. The van der Waals surface area contributed by atoms with Crippen LogP contribution in [0.25, 0.3) is 0 Å². The standard InChI is InChI=1S/C15H17ClO2/c1-10-7-14(11(2)18-10)15(16)9-12-5-4-6-13(8-12)17-3/h4-8,15H,9H2,1-3H3. The molecule has 0 fully saturated rings. The van der Waals surface area contributed by atoms with E-state index in [1.165, 1.54) is 0 Å². The molecular formula is C15H17ClO2. The van der Waals surface area contributed by atoms with Crippen LogP contribution in [0, 0.1) is 13.8 Å². The zero-order valence-corrected chi connectivity index (χ0v) is 11.6. The van der Waals surface area contributed by atoms with Crippen LogP contribution in [-0.2, 0) is 6.42 Å². The maximum absolute atomic E-state index is 6.45. The predicted octanol–water partition coefficient (Wildman–Crippen LogP) is 4.43. The largest absolute Gasteiger partial charge is 0.497 e. The van der Waals surface area contributed by atoms with Crippen molar-refractivity contribution in [3.05, 3.63) is 53.0 Å². The van der Waals surface area contributed by atoms with Gasteiger partial charge >= 0.3 is 0 Å². The summed E-state index contributed by atoms with van der Waals surface area (Å²) in [5, 5.41) is -0.0745. The number of furan rings is 1. The molecule has 18 heavy (non-hydrogen) atoms. The van der Waals surface area contributed by atoms with Crippen LogP contribution in [0.1, 0.15) is 28.0 Å². The molecule has 2 rings (SSSR count). The topological polar surface area (TPSA) is 22.4 Å². The van der Waals surface area contributed by atoms with Gasteiger partial charge in [-0.3, -0.25) is 0 Å². The van der Waals surface area contributed by atoms with Gasteiger partial charge in [0, 0.05) is 5.56 Å². The number of halogens is 1. The van der Waals surface area contributed by atoms with Gasteiger partial charge in [-0.2, -0.15) is 0 Å². The van der Waals surface area contributed by atoms with Gasteiger partial charge in [0.25, 0.3) is 0 Å². The predicted molar refractivity (Wildman–Crippen MR) is 73.5 cm³/mol. The lowest BCUT2D eigenvalue weighted by Gasteiger charge is -2.09. The maximum Gasteiger partial charge on any atom is 0.119 e. The van der Waals surface area contributed by atoms with E-state index in [1.54, 1.807) is 7.11 Å². The van der Waals surface area contributed by atoms with Crippen molar-refractivity contribution < 1.29 is 9.15 Å². The Hall–Kier alpha value is -1.41. The fraction of sp³-hybridized carbons (Fsp3) is 0.333. The SMILES string of the molecule is COc1cccc(CC(Cl)c2cc(C)oc2C)c1. The van der Waals surface area contributed by atoms with Crippen molar-refractivity contribution in [2.24, 2.45) is 0 Å². The number of benzene rings is 1. The van der Waals surface area contributed by atoms with Gasteiger partial charge in [0.05, 0.1) is 12.5 Å². The molecule has 1 atom stereocenters. The quantitative estimate of drug-likeness (QED) is 0.763. The van der Waals surface area contributed by atoms with Gasteiger partial charge in [-0.25, -0.2) is 0 Å². The molecule has 0 saturated carbocycles. The highest BCUT2D eigenvalue weighted by Crippen LogP contribution is 2.30. The minimum atomic E-state index is -0.0745. The highest BCUT2D eigenvalue weighted by Gasteiger charge is 2.15. The summed E-state index contributed by atoms with van der Waals surface area (Å²) in [5.41, 5.74) is 2.23. The van der Waals surface area contributed by atoms with Crippen molar-refractivity contribution >= 4 is 11.6 Å². The van der Waals surface area contributed by atoms with Crippen molar-refractivity contribution in [1.82, 2.24) is 0 Å². The molecule has 2 aromatic rings. The minimum Gasteiger partial charge on any atom is -0.497 e. The fourth-order valence-corrected chi connectivity index (χ4v) is 2.47. The van der Waals surface area contributed by atoms with E-state index in [0.717, 1.165) is 34.8 Å². The highest BCUT2D eigenvalue weighted by atomic mass is 35.5. The summed E-state index contributed by atoms with van der Waals surface area (Å²) >= 11 is 6.45. The van der Waals surface area contributed by atoms with Crippen LogP contribution >= 0.6 is 11.6 Å². The normalized spacial score (nSPS) is 12.4. The number of hydrogen-bond donors (Lipinski definition) is 0. The first-order valence-electron chi connectivity index (χ1n) is 5.94. The number of alkyl halides is 1. The average Bonchev–Trinajstić information content (AvgIpc) is 2.69. The molecule has 1 aromatic heterocycles. The Kier molecular flexibility index (Phi) is 3.97.